The number of benzene rings is 1. The van der Waals surface area contributed by atoms with Crippen molar-refractivity contribution >= 4 is 17.5 Å². The third-order valence-electron chi connectivity index (χ3n) is 3.13. The molecule has 0 bridgehead atoms. The lowest BCUT2D eigenvalue weighted by Crippen LogP contribution is -2.34. The van der Waals surface area contributed by atoms with Gasteiger partial charge < -0.3 is 4.90 Å². The maximum absolute atomic E-state index is 12.3. The summed E-state index contributed by atoms with van der Waals surface area (Å²) in [5.41, 5.74) is 2.13. The second kappa shape index (κ2) is 4.05. The minimum atomic E-state index is -0.492. The molecular formula is C13H13ClN2O. The molecule has 1 amide bonds. The molecule has 0 fully saturated rings. The van der Waals surface area contributed by atoms with Crippen LogP contribution in [0.25, 0.3) is 0 Å². The highest BCUT2D eigenvalue weighted by molar-refractivity contribution is 6.32. The number of hydrogen-bond donors (Lipinski definition) is 0. The second-order valence-corrected chi connectivity index (χ2v) is 4.88. The summed E-state index contributed by atoms with van der Waals surface area (Å²) in [5.74, 6) is -0.0958. The first-order valence-electron chi connectivity index (χ1n) is 5.50. The Kier molecular flexibility index (Phi) is 2.84. The second-order valence-electron chi connectivity index (χ2n) is 4.47. The first-order chi connectivity index (χ1) is 7.99. The largest absolute Gasteiger partial charge is 0.316 e. The van der Waals surface area contributed by atoms with Gasteiger partial charge in [0.25, 0.3) is 5.91 Å². The molecule has 0 aromatic heterocycles. The van der Waals surface area contributed by atoms with Crippen LogP contribution in [0.2, 0.25) is 5.02 Å². The average Bonchev–Trinajstić information content (AvgIpc) is 2.57. The fourth-order valence-corrected chi connectivity index (χ4v) is 2.44. The first kappa shape index (κ1) is 11.9. The van der Waals surface area contributed by atoms with Crippen molar-refractivity contribution in [2.45, 2.75) is 32.9 Å². The summed E-state index contributed by atoms with van der Waals surface area (Å²) in [7, 11) is 0. The van der Waals surface area contributed by atoms with Gasteiger partial charge in [-0.3, -0.25) is 4.79 Å². The molecule has 0 N–H and O–H groups in total. The summed E-state index contributed by atoms with van der Waals surface area (Å²) in [4.78, 5) is 13.9. The summed E-state index contributed by atoms with van der Waals surface area (Å²) in [6.07, 6.45) is 0. The van der Waals surface area contributed by atoms with Crippen molar-refractivity contribution in [2.75, 3.05) is 0 Å². The fourth-order valence-electron chi connectivity index (χ4n) is 2.28. The van der Waals surface area contributed by atoms with Gasteiger partial charge in [0.15, 0.2) is 0 Å². The molecule has 1 aliphatic heterocycles. The van der Waals surface area contributed by atoms with E-state index < -0.39 is 6.04 Å². The number of nitrogens with zero attached hydrogens (tertiary/aromatic N) is 2. The van der Waals surface area contributed by atoms with Crippen LogP contribution in [0.5, 0.6) is 0 Å². The number of carbonyl (C=O) groups is 1. The Morgan fingerprint density at radius 3 is 2.65 bits per heavy atom. The van der Waals surface area contributed by atoms with Crippen molar-refractivity contribution in [3.05, 3.63) is 33.8 Å². The number of fused-ring (bicyclic) bond motifs is 1. The zero-order valence-electron chi connectivity index (χ0n) is 9.99. The van der Waals surface area contributed by atoms with Crippen molar-refractivity contribution in [1.82, 2.24) is 4.90 Å². The number of amides is 1. The standard InChI is InChI=1S/C13H13ClN2O/c1-7(2)16-11(6-15)9-4-5-10(14)8(3)12(9)13(16)17/h4-5,7,11H,1-3H3. The third kappa shape index (κ3) is 1.60. The molecule has 1 aromatic carbocycles. The van der Waals surface area contributed by atoms with E-state index in [4.69, 9.17) is 11.6 Å². The van der Waals surface area contributed by atoms with Crippen LogP contribution in [-0.2, 0) is 0 Å². The van der Waals surface area contributed by atoms with Gasteiger partial charge in [-0.15, -0.1) is 0 Å². The molecule has 0 spiro atoms. The van der Waals surface area contributed by atoms with Crippen LogP contribution in [0.3, 0.4) is 0 Å². The Morgan fingerprint density at radius 1 is 1.47 bits per heavy atom. The van der Waals surface area contributed by atoms with Crippen molar-refractivity contribution in [3.63, 3.8) is 0 Å². The molecule has 2 rings (SSSR count). The van der Waals surface area contributed by atoms with Crippen LogP contribution in [0.4, 0.5) is 0 Å². The predicted octanol–water partition coefficient (Wildman–Crippen LogP) is 3.08. The molecule has 0 saturated carbocycles. The Labute approximate surface area is 106 Å². The van der Waals surface area contributed by atoms with E-state index in [1.165, 1.54) is 0 Å². The summed E-state index contributed by atoms with van der Waals surface area (Å²) < 4.78 is 0. The quantitative estimate of drug-likeness (QED) is 0.767. The minimum absolute atomic E-state index is 0.00211. The predicted molar refractivity (Wildman–Crippen MR) is 65.8 cm³/mol. The number of halogens is 1. The average molecular weight is 249 g/mol. The normalized spacial score (nSPS) is 18.5. The van der Waals surface area contributed by atoms with Gasteiger partial charge in [0.1, 0.15) is 6.04 Å². The monoisotopic (exact) mass is 248 g/mol. The van der Waals surface area contributed by atoms with Crippen LogP contribution in [-0.4, -0.2) is 16.8 Å². The molecule has 17 heavy (non-hydrogen) atoms. The van der Waals surface area contributed by atoms with Crippen LogP contribution >= 0.6 is 11.6 Å². The number of rotatable bonds is 1. The Balaban J connectivity index is 2.66. The highest BCUT2D eigenvalue weighted by Crippen LogP contribution is 2.38. The van der Waals surface area contributed by atoms with Crippen LogP contribution < -0.4 is 0 Å². The molecule has 1 atom stereocenters. The van der Waals surface area contributed by atoms with E-state index in [0.29, 0.717) is 10.6 Å². The molecule has 1 aromatic rings. The Bertz CT molecular complexity index is 531. The van der Waals surface area contributed by atoms with Gasteiger partial charge in [0.2, 0.25) is 0 Å². The van der Waals surface area contributed by atoms with Crippen LogP contribution in [0.15, 0.2) is 12.1 Å². The van der Waals surface area contributed by atoms with Gasteiger partial charge in [-0.25, -0.2) is 0 Å². The van der Waals surface area contributed by atoms with Gasteiger partial charge in [-0.2, -0.15) is 5.26 Å². The van der Waals surface area contributed by atoms with E-state index in [9.17, 15) is 10.1 Å². The highest BCUT2D eigenvalue weighted by atomic mass is 35.5. The number of hydrogen-bond acceptors (Lipinski definition) is 2. The molecule has 0 radical (unpaired) electrons. The Hall–Kier alpha value is -1.53. The topological polar surface area (TPSA) is 44.1 Å². The molecule has 1 unspecified atom stereocenters. The number of carbonyl (C=O) groups excluding carboxylic acids is 1. The highest BCUT2D eigenvalue weighted by Gasteiger charge is 2.39. The van der Waals surface area contributed by atoms with Crippen molar-refractivity contribution in [3.8, 4) is 6.07 Å². The summed E-state index contributed by atoms with van der Waals surface area (Å²) >= 11 is 6.02. The molecule has 3 nitrogen and oxygen atoms in total. The van der Waals surface area contributed by atoms with Gasteiger partial charge in [0, 0.05) is 16.6 Å². The zero-order chi connectivity index (χ0) is 12.7. The van der Waals surface area contributed by atoms with Crippen molar-refractivity contribution in [1.29, 1.82) is 5.26 Å². The smallest absolute Gasteiger partial charge is 0.256 e. The number of nitriles is 1. The van der Waals surface area contributed by atoms with Gasteiger partial charge >= 0.3 is 0 Å². The van der Waals surface area contributed by atoms with E-state index in [-0.39, 0.29) is 11.9 Å². The fraction of sp³-hybridized carbons (Fsp3) is 0.385. The van der Waals surface area contributed by atoms with E-state index in [1.807, 2.05) is 20.8 Å². The SMILES string of the molecule is Cc1c(Cl)ccc2c1C(=O)N(C(C)C)C2C#N. The van der Waals surface area contributed by atoms with Crippen molar-refractivity contribution < 1.29 is 4.79 Å². The summed E-state index contributed by atoms with van der Waals surface area (Å²) in [6.45, 7) is 5.63. The molecule has 0 aliphatic carbocycles. The van der Waals surface area contributed by atoms with Gasteiger partial charge in [0.05, 0.1) is 11.6 Å². The molecule has 88 valence electrons. The molecule has 1 heterocycles. The minimum Gasteiger partial charge on any atom is -0.316 e. The van der Waals surface area contributed by atoms with Crippen LogP contribution in [0, 0.1) is 18.3 Å². The van der Waals surface area contributed by atoms with Gasteiger partial charge in [-0.1, -0.05) is 17.7 Å². The van der Waals surface area contributed by atoms with E-state index in [2.05, 4.69) is 6.07 Å². The molecule has 4 heteroatoms. The lowest BCUT2D eigenvalue weighted by atomic mass is 10.0. The van der Waals surface area contributed by atoms with E-state index in [0.717, 1.165) is 11.1 Å². The summed E-state index contributed by atoms with van der Waals surface area (Å²) in [5, 5.41) is 9.80. The maximum Gasteiger partial charge on any atom is 0.256 e. The van der Waals surface area contributed by atoms with E-state index >= 15 is 0 Å². The molecular weight excluding hydrogens is 236 g/mol. The molecule has 1 aliphatic rings. The third-order valence-corrected chi connectivity index (χ3v) is 3.54. The lowest BCUT2D eigenvalue weighted by Gasteiger charge is -2.24. The van der Waals surface area contributed by atoms with Gasteiger partial charge in [-0.05, 0) is 32.4 Å². The van der Waals surface area contributed by atoms with Crippen molar-refractivity contribution in [2.24, 2.45) is 0 Å². The first-order valence-corrected chi connectivity index (χ1v) is 5.88. The van der Waals surface area contributed by atoms with Crippen LogP contribution in [0.1, 0.15) is 41.4 Å². The Morgan fingerprint density at radius 2 is 2.12 bits per heavy atom. The zero-order valence-corrected chi connectivity index (χ0v) is 10.7. The van der Waals surface area contributed by atoms with E-state index in [1.54, 1.807) is 17.0 Å². The molecule has 0 saturated heterocycles. The lowest BCUT2D eigenvalue weighted by molar-refractivity contribution is 0.0703. The summed E-state index contributed by atoms with van der Waals surface area (Å²) in [6, 6.07) is 5.22. The maximum atomic E-state index is 12.3.